The van der Waals surface area contributed by atoms with Gasteiger partial charge in [-0.25, -0.2) is 0 Å². The Kier molecular flexibility index (Phi) is 4.15. The maximum absolute atomic E-state index is 5.87. The summed E-state index contributed by atoms with van der Waals surface area (Å²) in [5.41, 5.74) is 1.13. The monoisotopic (exact) mass is 315 g/mol. The lowest BCUT2D eigenvalue weighted by Crippen LogP contribution is -2.13. The third kappa shape index (κ3) is 3.52. The van der Waals surface area contributed by atoms with E-state index in [1.54, 1.807) is 6.92 Å². The van der Waals surface area contributed by atoms with Crippen LogP contribution >= 0.6 is 27.5 Å². The summed E-state index contributed by atoms with van der Waals surface area (Å²) < 4.78 is 5.98. The summed E-state index contributed by atoms with van der Waals surface area (Å²) in [6.45, 7) is 3.05. The molecule has 0 saturated carbocycles. The summed E-state index contributed by atoms with van der Waals surface area (Å²) in [6, 6.07) is 5.70. The van der Waals surface area contributed by atoms with Gasteiger partial charge in [0.2, 0.25) is 5.89 Å². The van der Waals surface area contributed by atoms with Crippen LogP contribution in [0.4, 0.5) is 0 Å². The largest absolute Gasteiger partial charge is 0.338 e. The van der Waals surface area contributed by atoms with Gasteiger partial charge in [0.25, 0.3) is 0 Å². The van der Waals surface area contributed by atoms with Gasteiger partial charge in [0.15, 0.2) is 5.82 Å². The van der Waals surface area contributed by atoms with Crippen molar-refractivity contribution in [3.8, 4) is 0 Å². The van der Waals surface area contributed by atoms with E-state index >= 15 is 0 Å². The Morgan fingerprint density at radius 2 is 2.24 bits per heavy atom. The molecule has 17 heavy (non-hydrogen) atoms. The van der Waals surface area contributed by atoms with E-state index in [-0.39, 0.29) is 0 Å². The van der Waals surface area contributed by atoms with E-state index < -0.39 is 0 Å². The average Bonchev–Trinajstić information content (AvgIpc) is 2.68. The van der Waals surface area contributed by atoms with Crippen LogP contribution in [-0.4, -0.2) is 10.1 Å². The van der Waals surface area contributed by atoms with Crippen molar-refractivity contribution >= 4 is 27.5 Å². The molecular formula is C11H11BrClN3O. The van der Waals surface area contributed by atoms with E-state index in [4.69, 9.17) is 16.1 Å². The normalized spacial score (nSPS) is 10.8. The first-order valence-electron chi connectivity index (χ1n) is 5.09. The minimum absolute atomic E-state index is 0.551. The molecule has 4 nitrogen and oxygen atoms in total. The minimum Gasteiger partial charge on any atom is -0.338 e. The van der Waals surface area contributed by atoms with Crippen molar-refractivity contribution in [1.29, 1.82) is 0 Å². The number of aromatic nitrogens is 2. The van der Waals surface area contributed by atoms with Crippen molar-refractivity contribution in [2.75, 3.05) is 0 Å². The van der Waals surface area contributed by atoms with Crippen LogP contribution in [0.3, 0.4) is 0 Å². The molecule has 0 aliphatic rings. The molecule has 0 amide bonds. The van der Waals surface area contributed by atoms with Gasteiger partial charge >= 0.3 is 0 Å². The Balaban J connectivity index is 1.90. The molecule has 2 rings (SSSR count). The van der Waals surface area contributed by atoms with Gasteiger partial charge in [-0.3, -0.25) is 0 Å². The number of rotatable bonds is 4. The summed E-state index contributed by atoms with van der Waals surface area (Å²) in [7, 11) is 0. The van der Waals surface area contributed by atoms with Gasteiger partial charge in [-0.1, -0.05) is 38.8 Å². The fraction of sp³-hybridized carbons (Fsp3) is 0.273. The maximum atomic E-state index is 5.87. The van der Waals surface area contributed by atoms with Crippen molar-refractivity contribution < 1.29 is 4.52 Å². The zero-order valence-electron chi connectivity index (χ0n) is 9.20. The molecule has 0 spiro atoms. The lowest BCUT2D eigenvalue weighted by molar-refractivity contribution is 0.364. The van der Waals surface area contributed by atoms with E-state index in [2.05, 4.69) is 31.4 Å². The van der Waals surface area contributed by atoms with E-state index in [1.165, 1.54) is 0 Å². The zero-order valence-corrected chi connectivity index (χ0v) is 11.5. The number of hydrogen-bond donors (Lipinski definition) is 1. The molecule has 0 aliphatic heterocycles. The topological polar surface area (TPSA) is 51.0 Å². The molecule has 6 heteroatoms. The van der Waals surface area contributed by atoms with E-state index in [9.17, 15) is 0 Å². The number of benzene rings is 1. The first kappa shape index (κ1) is 12.5. The molecule has 90 valence electrons. The molecule has 0 fully saturated rings. The van der Waals surface area contributed by atoms with Crippen molar-refractivity contribution in [3.05, 3.63) is 45.0 Å². The molecule has 1 heterocycles. The molecule has 0 unspecified atom stereocenters. The van der Waals surface area contributed by atoms with Crippen LogP contribution < -0.4 is 5.32 Å². The van der Waals surface area contributed by atoms with Crippen LogP contribution in [0.15, 0.2) is 27.2 Å². The van der Waals surface area contributed by atoms with Crippen LogP contribution in [-0.2, 0) is 13.1 Å². The molecule has 1 N–H and O–H groups in total. The molecule has 2 aromatic rings. The van der Waals surface area contributed by atoms with E-state index in [1.807, 2.05) is 18.2 Å². The highest BCUT2D eigenvalue weighted by Crippen LogP contribution is 2.21. The smallest absolute Gasteiger partial charge is 0.240 e. The van der Waals surface area contributed by atoms with Crippen LogP contribution in [0.25, 0.3) is 0 Å². The van der Waals surface area contributed by atoms with Gasteiger partial charge in [-0.15, -0.1) is 0 Å². The SMILES string of the molecule is Cc1noc(CNCc2ccc(Cl)cc2Br)n1. The Morgan fingerprint density at radius 3 is 2.88 bits per heavy atom. The summed E-state index contributed by atoms with van der Waals surface area (Å²) in [4.78, 5) is 4.11. The molecule has 0 radical (unpaired) electrons. The molecule has 1 aromatic heterocycles. The summed E-state index contributed by atoms with van der Waals surface area (Å²) in [5, 5.41) is 7.66. The van der Waals surface area contributed by atoms with Crippen molar-refractivity contribution in [2.45, 2.75) is 20.0 Å². The van der Waals surface area contributed by atoms with E-state index in [0.29, 0.717) is 29.8 Å². The standard InChI is InChI=1S/C11H11BrClN3O/c1-7-15-11(17-16-7)6-14-5-8-2-3-9(13)4-10(8)12/h2-4,14H,5-6H2,1H3. The third-order valence-corrected chi connectivity index (χ3v) is 3.15. The number of hydrogen-bond acceptors (Lipinski definition) is 4. The molecule has 0 aliphatic carbocycles. The van der Waals surface area contributed by atoms with Gasteiger partial charge in [0.05, 0.1) is 6.54 Å². The lowest BCUT2D eigenvalue weighted by Gasteiger charge is -2.05. The third-order valence-electron chi connectivity index (χ3n) is 2.18. The van der Waals surface area contributed by atoms with Crippen molar-refractivity contribution in [3.63, 3.8) is 0 Å². The molecule has 0 atom stereocenters. The predicted molar refractivity (Wildman–Crippen MR) is 68.7 cm³/mol. The van der Waals surface area contributed by atoms with E-state index in [0.717, 1.165) is 10.0 Å². The lowest BCUT2D eigenvalue weighted by atomic mass is 10.2. The number of halogens is 2. The molecule has 0 bridgehead atoms. The summed E-state index contributed by atoms with van der Waals surface area (Å²) in [5.74, 6) is 1.24. The highest BCUT2D eigenvalue weighted by atomic mass is 79.9. The van der Waals surface area contributed by atoms with Crippen LogP contribution in [0, 0.1) is 6.92 Å². The fourth-order valence-electron chi connectivity index (χ4n) is 1.38. The Labute approximate surface area is 112 Å². The quantitative estimate of drug-likeness (QED) is 0.942. The highest BCUT2D eigenvalue weighted by molar-refractivity contribution is 9.10. The van der Waals surface area contributed by atoms with Crippen molar-refractivity contribution in [2.24, 2.45) is 0 Å². The Bertz CT molecular complexity index is 515. The average molecular weight is 317 g/mol. The van der Waals surface area contributed by atoms with Gasteiger partial charge in [0.1, 0.15) is 0 Å². The predicted octanol–water partition coefficient (Wildman–Crippen LogP) is 3.08. The van der Waals surface area contributed by atoms with Crippen LogP contribution in [0.1, 0.15) is 17.3 Å². The second kappa shape index (κ2) is 5.62. The zero-order chi connectivity index (χ0) is 12.3. The highest BCUT2D eigenvalue weighted by Gasteiger charge is 2.03. The first-order valence-corrected chi connectivity index (χ1v) is 6.26. The van der Waals surface area contributed by atoms with Crippen LogP contribution in [0.2, 0.25) is 5.02 Å². The number of nitrogens with one attached hydrogen (secondary N) is 1. The molecule has 1 aromatic carbocycles. The maximum Gasteiger partial charge on any atom is 0.240 e. The minimum atomic E-state index is 0.551. The first-order chi connectivity index (χ1) is 8.15. The summed E-state index contributed by atoms with van der Waals surface area (Å²) in [6.07, 6.45) is 0. The second-order valence-corrected chi connectivity index (χ2v) is 4.87. The Morgan fingerprint density at radius 1 is 1.41 bits per heavy atom. The van der Waals surface area contributed by atoms with Gasteiger partial charge in [-0.05, 0) is 24.6 Å². The van der Waals surface area contributed by atoms with Gasteiger partial charge < -0.3 is 9.84 Å². The number of aryl methyl sites for hydroxylation is 1. The molecule has 0 saturated heterocycles. The van der Waals surface area contributed by atoms with Gasteiger partial charge in [0, 0.05) is 16.0 Å². The Hall–Kier alpha value is -0.910. The van der Waals surface area contributed by atoms with Crippen LogP contribution in [0.5, 0.6) is 0 Å². The second-order valence-electron chi connectivity index (χ2n) is 3.57. The van der Waals surface area contributed by atoms with Crippen molar-refractivity contribution in [1.82, 2.24) is 15.5 Å². The molecular weight excluding hydrogens is 305 g/mol. The fourth-order valence-corrected chi connectivity index (χ4v) is 2.20. The summed E-state index contributed by atoms with van der Waals surface area (Å²) >= 11 is 9.33. The number of nitrogens with zero attached hydrogens (tertiary/aromatic N) is 2. The van der Waals surface area contributed by atoms with Gasteiger partial charge in [-0.2, -0.15) is 4.98 Å².